The number of alkyl halides is 1. The molecule has 0 aliphatic rings. The summed E-state index contributed by atoms with van der Waals surface area (Å²) in [6.45, 7) is 1.66. The maximum atomic E-state index is 11.5. The highest BCUT2D eigenvalue weighted by atomic mass is 127. The Morgan fingerprint density at radius 2 is 1.86 bits per heavy atom. The van der Waals surface area contributed by atoms with E-state index in [1.807, 2.05) is 22.6 Å². The minimum atomic E-state index is -3.62. The van der Waals surface area contributed by atoms with Crippen molar-refractivity contribution in [2.24, 2.45) is 0 Å². The highest BCUT2D eigenvalue weighted by Crippen LogP contribution is 2.18. The first-order valence-corrected chi connectivity index (χ1v) is 6.88. The topological polar surface area (TPSA) is 43.4 Å². The Balaban J connectivity index is 2.99. The van der Waals surface area contributed by atoms with Crippen molar-refractivity contribution < 1.29 is 12.6 Å². The van der Waals surface area contributed by atoms with E-state index in [2.05, 4.69) is 12.6 Å². The van der Waals surface area contributed by atoms with E-state index in [9.17, 15) is 8.42 Å². The number of hydrogen-bond acceptors (Lipinski definition) is 4. The van der Waals surface area contributed by atoms with E-state index in [4.69, 9.17) is 4.18 Å². The monoisotopic (exact) mass is 344 g/mol. The SMILES string of the molecule is CC(I)OS(=O)(=O)c1ccc(S)cc1. The molecule has 0 N–H and O–H groups in total. The zero-order valence-electron chi connectivity index (χ0n) is 7.34. The van der Waals surface area contributed by atoms with Gasteiger partial charge >= 0.3 is 0 Å². The molecule has 0 aliphatic carbocycles. The molecule has 0 heterocycles. The summed E-state index contributed by atoms with van der Waals surface area (Å²) >= 11 is 5.94. The van der Waals surface area contributed by atoms with E-state index in [1.54, 1.807) is 19.1 Å². The van der Waals surface area contributed by atoms with Crippen LogP contribution in [0.25, 0.3) is 0 Å². The van der Waals surface area contributed by atoms with E-state index in [0.29, 0.717) is 4.90 Å². The second-order valence-corrected chi connectivity index (χ2v) is 6.43. The minimum Gasteiger partial charge on any atom is -0.253 e. The zero-order chi connectivity index (χ0) is 10.8. The molecule has 6 heteroatoms. The smallest absolute Gasteiger partial charge is 0.253 e. The van der Waals surface area contributed by atoms with Crippen molar-refractivity contribution in [2.75, 3.05) is 0 Å². The predicted molar refractivity (Wildman–Crippen MR) is 65.4 cm³/mol. The van der Waals surface area contributed by atoms with Gasteiger partial charge in [0.15, 0.2) is 0 Å². The van der Waals surface area contributed by atoms with Gasteiger partial charge in [-0.15, -0.1) is 12.6 Å². The summed E-state index contributed by atoms with van der Waals surface area (Å²) in [7, 11) is -3.62. The molecule has 1 aromatic rings. The highest BCUT2D eigenvalue weighted by Gasteiger charge is 2.16. The van der Waals surface area contributed by atoms with Crippen molar-refractivity contribution in [3.05, 3.63) is 24.3 Å². The van der Waals surface area contributed by atoms with Gasteiger partial charge in [0.05, 0.1) is 4.90 Å². The molecular weight excluding hydrogens is 335 g/mol. The molecule has 14 heavy (non-hydrogen) atoms. The largest absolute Gasteiger partial charge is 0.297 e. The number of thiol groups is 1. The third-order valence-electron chi connectivity index (χ3n) is 1.38. The van der Waals surface area contributed by atoms with Crippen molar-refractivity contribution in [1.29, 1.82) is 0 Å². The molecule has 0 amide bonds. The molecule has 0 aromatic heterocycles. The van der Waals surface area contributed by atoms with Crippen LogP contribution in [0, 0.1) is 0 Å². The fourth-order valence-electron chi connectivity index (χ4n) is 0.843. The van der Waals surface area contributed by atoms with Crippen LogP contribution < -0.4 is 0 Å². The molecule has 0 fully saturated rings. The average molecular weight is 344 g/mol. The third-order valence-corrected chi connectivity index (χ3v) is 3.67. The van der Waals surface area contributed by atoms with Crippen LogP contribution in [0.2, 0.25) is 0 Å². The number of hydrogen-bond donors (Lipinski definition) is 1. The van der Waals surface area contributed by atoms with E-state index >= 15 is 0 Å². The van der Waals surface area contributed by atoms with Crippen LogP contribution in [0.15, 0.2) is 34.1 Å². The molecule has 0 saturated heterocycles. The summed E-state index contributed by atoms with van der Waals surface area (Å²) in [6, 6.07) is 6.15. The van der Waals surface area contributed by atoms with Gasteiger partial charge in [0, 0.05) is 4.90 Å². The third kappa shape index (κ3) is 3.41. The number of benzene rings is 1. The number of rotatable bonds is 3. The Hall–Kier alpha value is 0.210. The van der Waals surface area contributed by atoms with Crippen molar-refractivity contribution >= 4 is 45.3 Å². The molecule has 1 aromatic carbocycles. The molecule has 0 bridgehead atoms. The van der Waals surface area contributed by atoms with E-state index < -0.39 is 10.1 Å². The lowest BCUT2D eigenvalue weighted by molar-refractivity contribution is 0.322. The molecule has 0 spiro atoms. The van der Waals surface area contributed by atoms with Crippen LogP contribution in [-0.2, 0) is 14.3 Å². The average Bonchev–Trinajstić information content (AvgIpc) is 2.02. The predicted octanol–water partition coefficient (Wildman–Crippen LogP) is 2.46. The maximum absolute atomic E-state index is 11.5. The van der Waals surface area contributed by atoms with Gasteiger partial charge in [-0.2, -0.15) is 8.42 Å². The lowest BCUT2D eigenvalue weighted by atomic mass is 10.4. The molecule has 0 radical (unpaired) electrons. The second kappa shape index (κ2) is 4.82. The van der Waals surface area contributed by atoms with E-state index in [1.165, 1.54) is 12.1 Å². The Labute approximate surface area is 103 Å². The molecule has 1 atom stereocenters. The van der Waals surface area contributed by atoms with E-state index in [-0.39, 0.29) is 9.01 Å². The lowest BCUT2D eigenvalue weighted by Crippen LogP contribution is -2.10. The zero-order valence-corrected chi connectivity index (χ0v) is 11.2. The van der Waals surface area contributed by atoms with Crippen molar-refractivity contribution in [1.82, 2.24) is 0 Å². The Bertz CT molecular complexity index is 397. The fourth-order valence-corrected chi connectivity index (χ4v) is 2.74. The van der Waals surface area contributed by atoms with Crippen LogP contribution in [0.3, 0.4) is 0 Å². The van der Waals surface area contributed by atoms with Gasteiger partial charge in [0.25, 0.3) is 10.1 Å². The van der Waals surface area contributed by atoms with Gasteiger partial charge in [-0.3, -0.25) is 4.18 Å². The summed E-state index contributed by atoms with van der Waals surface area (Å²) < 4.78 is 27.4. The maximum Gasteiger partial charge on any atom is 0.297 e. The van der Waals surface area contributed by atoms with E-state index in [0.717, 1.165) is 0 Å². The van der Waals surface area contributed by atoms with Crippen LogP contribution in [-0.4, -0.2) is 12.5 Å². The first kappa shape index (κ1) is 12.3. The Kier molecular flexibility index (Phi) is 4.23. The Morgan fingerprint density at radius 1 is 1.36 bits per heavy atom. The summed E-state index contributed by atoms with van der Waals surface area (Å²) in [5.74, 6) is 0. The summed E-state index contributed by atoms with van der Waals surface area (Å²) in [5.41, 5.74) is 0. The van der Waals surface area contributed by atoms with Crippen molar-refractivity contribution in [3.63, 3.8) is 0 Å². The quantitative estimate of drug-likeness (QED) is 0.397. The molecule has 78 valence electrons. The highest BCUT2D eigenvalue weighted by molar-refractivity contribution is 14.1. The van der Waals surface area contributed by atoms with Crippen LogP contribution in [0.4, 0.5) is 0 Å². The summed E-state index contributed by atoms with van der Waals surface area (Å²) in [5, 5.41) is 0. The molecule has 1 rings (SSSR count). The van der Waals surface area contributed by atoms with Crippen molar-refractivity contribution in [3.8, 4) is 0 Å². The van der Waals surface area contributed by atoms with Gasteiger partial charge in [-0.05, 0) is 53.8 Å². The summed E-state index contributed by atoms with van der Waals surface area (Å²) in [4.78, 5) is 0.866. The molecule has 0 saturated carbocycles. The van der Waals surface area contributed by atoms with Crippen molar-refractivity contribution in [2.45, 2.75) is 20.8 Å². The lowest BCUT2D eigenvalue weighted by Gasteiger charge is -2.06. The normalized spacial score (nSPS) is 13.9. The Morgan fingerprint density at radius 3 is 2.29 bits per heavy atom. The van der Waals surface area contributed by atoms with Gasteiger partial charge in [0.2, 0.25) is 0 Å². The van der Waals surface area contributed by atoms with Gasteiger partial charge in [-0.25, -0.2) is 0 Å². The number of halogens is 1. The molecule has 0 aliphatic heterocycles. The molecular formula is C8H9IO3S2. The van der Waals surface area contributed by atoms with Crippen LogP contribution >= 0.6 is 35.2 Å². The minimum absolute atomic E-state index is 0.152. The fraction of sp³-hybridized carbons (Fsp3) is 0.250. The first-order valence-electron chi connectivity index (χ1n) is 3.78. The molecule has 3 nitrogen and oxygen atoms in total. The van der Waals surface area contributed by atoms with Gasteiger partial charge < -0.3 is 0 Å². The van der Waals surface area contributed by atoms with Gasteiger partial charge in [0.1, 0.15) is 4.11 Å². The second-order valence-electron chi connectivity index (χ2n) is 2.59. The first-order chi connectivity index (χ1) is 6.42. The summed E-state index contributed by atoms with van der Waals surface area (Å²) in [6.07, 6.45) is 0. The van der Waals surface area contributed by atoms with Gasteiger partial charge in [-0.1, -0.05) is 0 Å². The molecule has 1 unspecified atom stereocenters. The van der Waals surface area contributed by atoms with Crippen LogP contribution in [0.5, 0.6) is 0 Å². The van der Waals surface area contributed by atoms with Crippen LogP contribution in [0.1, 0.15) is 6.92 Å². The standard InChI is InChI=1S/C8H9IO3S2/c1-6(9)12-14(10,11)8-4-2-7(13)3-5-8/h2-6,13H,1H3.